The van der Waals surface area contributed by atoms with Crippen LogP contribution in [0.3, 0.4) is 0 Å². The largest absolute Gasteiger partial charge is 0.418 e. The maximum Gasteiger partial charge on any atom is 0.418 e. The lowest BCUT2D eigenvalue weighted by Gasteiger charge is -2.35. The predicted molar refractivity (Wildman–Crippen MR) is 155 cm³/mol. The first-order valence-electron chi connectivity index (χ1n) is 15.0. The van der Waals surface area contributed by atoms with Gasteiger partial charge in [-0.2, -0.15) is 18.3 Å². The topological polar surface area (TPSA) is 33.1 Å². The van der Waals surface area contributed by atoms with Crippen molar-refractivity contribution >= 4 is 16.6 Å². The highest BCUT2D eigenvalue weighted by molar-refractivity contribution is 5.96. The molecule has 43 heavy (non-hydrogen) atoms. The number of fused-ring (bicyclic) bond motifs is 1. The summed E-state index contributed by atoms with van der Waals surface area (Å²) in [6.07, 6.45) is 3.87. The fourth-order valence-corrected chi connectivity index (χ4v) is 6.59. The Balaban J connectivity index is 1.30. The van der Waals surface area contributed by atoms with E-state index in [0.717, 1.165) is 50.1 Å². The third-order valence-electron chi connectivity index (χ3n) is 8.89. The molecule has 0 bridgehead atoms. The van der Waals surface area contributed by atoms with Crippen molar-refractivity contribution in [2.45, 2.75) is 63.7 Å². The van der Waals surface area contributed by atoms with Crippen LogP contribution in [-0.2, 0) is 12.7 Å². The second-order valence-corrected chi connectivity index (χ2v) is 11.8. The van der Waals surface area contributed by atoms with Gasteiger partial charge in [0.1, 0.15) is 23.0 Å². The van der Waals surface area contributed by atoms with Crippen molar-refractivity contribution < 1.29 is 26.3 Å². The number of alkyl halides is 3. The molecule has 3 aromatic carbocycles. The van der Waals surface area contributed by atoms with E-state index in [4.69, 9.17) is 0 Å². The molecule has 4 aromatic rings. The molecule has 1 saturated carbocycles. The second kappa shape index (κ2) is 12.2. The molecule has 10 heteroatoms. The Bertz CT molecular complexity index is 1560. The van der Waals surface area contributed by atoms with Crippen LogP contribution in [0.5, 0.6) is 0 Å². The van der Waals surface area contributed by atoms with E-state index in [-0.39, 0.29) is 10.9 Å². The molecule has 2 heterocycles. The van der Waals surface area contributed by atoms with E-state index in [0.29, 0.717) is 29.4 Å². The lowest BCUT2D eigenvalue weighted by Crippen LogP contribution is -2.44. The van der Waals surface area contributed by atoms with Gasteiger partial charge in [-0.3, -0.25) is 4.68 Å². The van der Waals surface area contributed by atoms with Crippen LogP contribution in [0.2, 0.25) is 0 Å². The standard InChI is InChI=1S/C33H34F6N4/c34-23-17-29(35)27(30(36)18-23)20-43-32(26-10-5-11-28(31(26)41-43)33(37,38)39)22-8-4-9-25(16-22)42-14-12-24(13-15-42)40-19-21-6-2-1-3-7-21/h4-5,8-11,16-18,21,24,40H,1-3,6-7,12-15,19-20H2. The summed E-state index contributed by atoms with van der Waals surface area (Å²) < 4.78 is 85.9. The van der Waals surface area contributed by atoms with E-state index in [9.17, 15) is 26.3 Å². The van der Waals surface area contributed by atoms with Crippen LogP contribution in [-0.4, -0.2) is 35.5 Å². The number of rotatable bonds is 7. The average molecular weight is 601 g/mol. The lowest BCUT2D eigenvalue weighted by atomic mass is 9.89. The highest BCUT2D eigenvalue weighted by Crippen LogP contribution is 2.39. The van der Waals surface area contributed by atoms with Gasteiger partial charge < -0.3 is 10.2 Å². The third-order valence-corrected chi connectivity index (χ3v) is 8.89. The minimum atomic E-state index is -4.68. The maximum absolute atomic E-state index is 14.6. The van der Waals surface area contributed by atoms with Gasteiger partial charge in [-0.15, -0.1) is 0 Å². The zero-order chi connectivity index (χ0) is 30.1. The monoisotopic (exact) mass is 600 g/mol. The Kier molecular flexibility index (Phi) is 8.40. The summed E-state index contributed by atoms with van der Waals surface area (Å²) in [7, 11) is 0. The van der Waals surface area contributed by atoms with Crippen LogP contribution in [0.15, 0.2) is 54.6 Å². The zero-order valence-electron chi connectivity index (χ0n) is 23.7. The molecule has 1 saturated heterocycles. The molecule has 1 N–H and O–H groups in total. The minimum Gasteiger partial charge on any atom is -0.371 e. The smallest absolute Gasteiger partial charge is 0.371 e. The molecule has 0 spiro atoms. The summed E-state index contributed by atoms with van der Waals surface area (Å²) in [6.45, 7) is 2.21. The van der Waals surface area contributed by atoms with Gasteiger partial charge in [0.15, 0.2) is 0 Å². The highest BCUT2D eigenvalue weighted by Gasteiger charge is 2.35. The van der Waals surface area contributed by atoms with E-state index < -0.39 is 41.3 Å². The number of aromatic nitrogens is 2. The SMILES string of the molecule is Fc1cc(F)c(Cn2nc3c(C(F)(F)F)cccc3c2-c2cccc(N3CCC(NCC4CCCCC4)CC3)c2)c(F)c1. The molecule has 0 unspecified atom stereocenters. The fourth-order valence-electron chi connectivity index (χ4n) is 6.59. The number of nitrogens with one attached hydrogen (secondary N) is 1. The van der Waals surface area contributed by atoms with Crippen molar-refractivity contribution in [2.75, 3.05) is 24.5 Å². The molecule has 1 aliphatic carbocycles. The molecule has 1 aromatic heterocycles. The molecule has 0 radical (unpaired) electrons. The Morgan fingerprint density at radius 2 is 1.53 bits per heavy atom. The number of piperidine rings is 1. The van der Waals surface area contributed by atoms with Crippen molar-refractivity contribution in [1.82, 2.24) is 15.1 Å². The van der Waals surface area contributed by atoms with E-state index in [2.05, 4.69) is 15.3 Å². The van der Waals surface area contributed by atoms with Crippen LogP contribution < -0.4 is 10.2 Å². The van der Waals surface area contributed by atoms with E-state index in [1.807, 2.05) is 18.2 Å². The Morgan fingerprint density at radius 3 is 2.23 bits per heavy atom. The predicted octanol–water partition coefficient (Wildman–Crippen LogP) is 8.33. The first-order chi connectivity index (χ1) is 20.7. The molecule has 2 fully saturated rings. The Morgan fingerprint density at radius 1 is 0.837 bits per heavy atom. The Labute approximate surface area is 246 Å². The summed E-state index contributed by atoms with van der Waals surface area (Å²) in [5.41, 5.74) is 0.0420. The second-order valence-electron chi connectivity index (χ2n) is 11.8. The van der Waals surface area contributed by atoms with Crippen molar-refractivity contribution in [1.29, 1.82) is 0 Å². The zero-order valence-corrected chi connectivity index (χ0v) is 23.7. The van der Waals surface area contributed by atoms with Crippen LogP contribution in [0.4, 0.5) is 32.0 Å². The third kappa shape index (κ3) is 6.39. The van der Waals surface area contributed by atoms with Gasteiger partial charge in [-0.25, -0.2) is 13.2 Å². The van der Waals surface area contributed by atoms with Crippen LogP contribution in [0.25, 0.3) is 22.2 Å². The number of nitrogens with zero attached hydrogens (tertiary/aromatic N) is 3. The van der Waals surface area contributed by atoms with Crippen molar-refractivity contribution in [3.8, 4) is 11.3 Å². The summed E-state index contributed by atoms with van der Waals surface area (Å²) in [5, 5.41) is 8.19. The highest BCUT2D eigenvalue weighted by atomic mass is 19.4. The number of hydrogen-bond acceptors (Lipinski definition) is 3. The first kappa shape index (κ1) is 29.5. The van der Waals surface area contributed by atoms with Crippen LogP contribution in [0.1, 0.15) is 56.1 Å². The van der Waals surface area contributed by atoms with Gasteiger partial charge in [0.2, 0.25) is 0 Å². The molecule has 2 aliphatic rings. The maximum atomic E-state index is 14.6. The molecule has 6 rings (SSSR count). The fraction of sp³-hybridized carbons (Fsp3) is 0.424. The van der Waals surface area contributed by atoms with Crippen LogP contribution >= 0.6 is 0 Å². The normalized spacial score (nSPS) is 17.2. The summed E-state index contributed by atoms with van der Waals surface area (Å²) in [5.74, 6) is -2.58. The van der Waals surface area contributed by atoms with E-state index in [1.54, 1.807) is 6.07 Å². The lowest BCUT2D eigenvalue weighted by molar-refractivity contribution is -0.136. The average Bonchev–Trinajstić information content (AvgIpc) is 3.36. The van der Waals surface area contributed by atoms with E-state index in [1.165, 1.54) is 48.9 Å². The molecular weight excluding hydrogens is 566 g/mol. The van der Waals surface area contributed by atoms with Gasteiger partial charge in [0, 0.05) is 53.5 Å². The van der Waals surface area contributed by atoms with Crippen molar-refractivity contribution in [3.05, 3.63) is 83.2 Å². The van der Waals surface area contributed by atoms with Gasteiger partial charge in [0.05, 0.1) is 17.8 Å². The number of halogens is 6. The van der Waals surface area contributed by atoms with Crippen LogP contribution in [0, 0.1) is 23.4 Å². The number of benzene rings is 3. The van der Waals surface area contributed by atoms with Gasteiger partial charge in [-0.1, -0.05) is 43.5 Å². The van der Waals surface area contributed by atoms with Gasteiger partial charge in [0.25, 0.3) is 0 Å². The number of hydrogen-bond donors (Lipinski definition) is 1. The molecule has 0 atom stereocenters. The van der Waals surface area contributed by atoms with E-state index >= 15 is 0 Å². The molecule has 1 aliphatic heterocycles. The summed E-state index contributed by atoms with van der Waals surface area (Å²) in [6, 6.07) is 12.8. The summed E-state index contributed by atoms with van der Waals surface area (Å²) in [4.78, 5) is 2.26. The Hall–Kier alpha value is -3.53. The molecule has 0 amide bonds. The molecular formula is C33H34F6N4. The van der Waals surface area contributed by atoms with Crippen molar-refractivity contribution in [3.63, 3.8) is 0 Å². The molecule has 228 valence electrons. The summed E-state index contributed by atoms with van der Waals surface area (Å²) >= 11 is 0. The molecule has 4 nitrogen and oxygen atoms in total. The number of anilines is 1. The minimum absolute atomic E-state index is 0.209. The van der Waals surface area contributed by atoms with Gasteiger partial charge in [-0.05, 0) is 56.3 Å². The first-order valence-corrected chi connectivity index (χ1v) is 15.0. The quantitative estimate of drug-likeness (QED) is 0.217. The van der Waals surface area contributed by atoms with Crippen molar-refractivity contribution in [2.24, 2.45) is 5.92 Å². The van der Waals surface area contributed by atoms with Gasteiger partial charge >= 0.3 is 6.18 Å².